The molecule has 1 saturated carbocycles. The van der Waals surface area contributed by atoms with Crippen molar-refractivity contribution in [3.63, 3.8) is 0 Å². The zero-order chi connectivity index (χ0) is 11.3. The van der Waals surface area contributed by atoms with E-state index in [2.05, 4.69) is 13.8 Å². The van der Waals surface area contributed by atoms with Crippen LogP contribution in [0, 0.1) is 11.8 Å². The van der Waals surface area contributed by atoms with Gasteiger partial charge in [-0.3, -0.25) is 0 Å². The van der Waals surface area contributed by atoms with Crippen LogP contribution in [0.15, 0.2) is 0 Å². The Bertz CT molecular complexity index is 173. The summed E-state index contributed by atoms with van der Waals surface area (Å²) in [5.74, 6) is 1.52. The molecule has 3 nitrogen and oxygen atoms in total. The first kappa shape index (κ1) is 12.9. The molecule has 3 unspecified atom stereocenters. The van der Waals surface area contributed by atoms with Crippen LogP contribution in [0.1, 0.15) is 33.1 Å². The van der Waals surface area contributed by atoms with E-state index < -0.39 is 0 Å². The van der Waals surface area contributed by atoms with E-state index in [0.29, 0.717) is 13.2 Å². The molecule has 0 aromatic rings. The molecule has 0 radical (unpaired) electrons. The predicted octanol–water partition coefficient (Wildman–Crippen LogP) is 1.80. The van der Waals surface area contributed by atoms with Crippen molar-refractivity contribution in [2.24, 2.45) is 17.6 Å². The number of rotatable bonds is 5. The summed E-state index contributed by atoms with van der Waals surface area (Å²) in [6.07, 6.45) is 3.70. The lowest BCUT2D eigenvalue weighted by molar-refractivity contribution is -0.0269. The average Bonchev–Trinajstić information content (AvgIpc) is 2.20. The molecule has 15 heavy (non-hydrogen) atoms. The van der Waals surface area contributed by atoms with Gasteiger partial charge in [0.2, 0.25) is 0 Å². The second-order valence-corrected chi connectivity index (χ2v) is 4.88. The number of ether oxygens (including phenoxy) is 2. The highest BCUT2D eigenvalue weighted by atomic mass is 16.5. The Morgan fingerprint density at radius 1 is 1.27 bits per heavy atom. The summed E-state index contributed by atoms with van der Waals surface area (Å²) < 4.78 is 10.7. The molecule has 0 bridgehead atoms. The molecule has 0 saturated heterocycles. The molecule has 1 aliphatic carbocycles. The van der Waals surface area contributed by atoms with Gasteiger partial charge in [-0.05, 0) is 31.1 Å². The molecule has 1 fully saturated rings. The van der Waals surface area contributed by atoms with Crippen molar-refractivity contribution in [2.45, 2.75) is 45.3 Å². The maximum atomic E-state index is 6.06. The molecule has 1 rings (SSSR count). The number of hydrogen-bond donors (Lipinski definition) is 1. The summed E-state index contributed by atoms with van der Waals surface area (Å²) >= 11 is 0. The molecule has 0 aliphatic heterocycles. The van der Waals surface area contributed by atoms with Crippen LogP contribution < -0.4 is 5.73 Å². The van der Waals surface area contributed by atoms with E-state index in [4.69, 9.17) is 15.2 Å². The molecule has 0 aromatic heterocycles. The Morgan fingerprint density at radius 3 is 2.60 bits per heavy atom. The maximum absolute atomic E-state index is 6.06. The van der Waals surface area contributed by atoms with Gasteiger partial charge in [0.15, 0.2) is 0 Å². The van der Waals surface area contributed by atoms with Crippen molar-refractivity contribution >= 4 is 0 Å². The summed E-state index contributed by atoms with van der Waals surface area (Å²) in [6, 6.07) is 0.219. The first-order valence-corrected chi connectivity index (χ1v) is 6.01. The largest absolute Gasteiger partial charge is 0.382 e. The van der Waals surface area contributed by atoms with Crippen molar-refractivity contribution in [3.8, 4) is 0 Å². The lowest BCUT2D eigenvalue weighted by Gasteiger charge is -2.35. The SMILES string of the molecule is COCCOC1CC(C(C)C)CCC1N. The van der Waals surface area contributed by atoms with Crippen molar-refractivity contribution in [3.05, 3.63) is 0 Å². The van der Waals surface area contributed by atoms with Crippen molar-refractivity contribution in [2.75, 3.05) is 20.3 Å². The Kier molecular flexibility index (Phi) is 5.58. The average molecular weight is 215 g/mol. The van der Waals surface area contributed by atoms with Gasteiger partial charge in [0.1, 0.15) is 0 Å². The highest BCUT2D eigenvalue weighted by Crippen LogP contribution is 2.30. The highest BCUT2D eigenvalue weighted by molar-refractivity contribution is 4.84. The molecular formula is C12H25NO2. The molecule has 0 spiro atoms. The second kappa shape index (κ2) is 6.46. The van der Waals surface area contributed by atoms with Gasteiger partial charge in [0.05, 0.1) is 19.3 Å². The third-order valence-corrected chi connectivity index (χ3v) is 3.45. The van der Waals surface area contributed by atoms with Crippen LogP contribution in [0.5, 0.6) is 0 Å². The molecule has 3 atom stereocenters. The van der Waals surface area contributed by atoms with Gasteiger partial charge in [-0.2, -0.15) is 0 Å². The number of nitrogens with two attached hydrogens (primary N) is 1. The van der Waals surface area contributed by atoms with Gasteiger partial charge in [-0.25, -0.2) is 0 Å². The van der Waals surface area contributed by atoms with E-state index in [9.17, 15) is 0 Å². The molecule has 0 amide bonds. The van der Waals surface area contributed by atoms with E-state index >= 15 is 0 Å². The quantitative estimate of drug-likeness (QED) is 0.711. The Labute approximate surface area is 93.3 Å². The lowest BCUT2D eigenvalue weighted by atomic mass is 9.78. The predicted molar refractivity (Wildman–Crippen MR) is 61.8 cm³/mol. The molecule has 1 aliphatic rings. The third-order valence-electron chi connectivity index (χ3n) is 3.45. The van der Waals surface area contributed by atoms with Crippen LogP contribution in [0.4, 0.5) is 0 Å². The summed E-state index contributed by atoms with van der Waals surface area (Å²) in [5, 5.41) is 0. The van der Waals surface area contributed by atoms with Gasteiger partial charge >= 0.3 is 0 Å². The summed E-state index contributed by atoms with van der Waals surface area (Å²) in [7, 11) is 1.70. The van der Waals surface area contributed by atoms with Crippen LogP contribution in [0.3, 0.4) is 0 Å². The molecular weight excluding hydrogens is 190 g/mol. The Balaban J connectivity index is 2.32. The van der Waals surface area contributed by atoms with Crippen molar-refractivity contribution in [1.82, 2.24) is 0 Å². The molecule has 90 valence electrons. The van der Waals surface area contributed by atoms with Gasteiger partial charge in [0.25, 0.3) is 0 Å². The van der Waals surface area contributed by atoms with Crippen LogP contribution >= 0.6 is 0 Å². The monoisotopic (exact) mass is 215 g/mol. The third kappa shape index (κ3) is 4.09. The fourth-order valence-corrected chi connectivity index (χ4v) is 2.26. The fraction of sp³-hybridized carbons (Fsp3) is 1.00. The zero-order valence-electron chi connectivity index (χ0n) is 10.2. The summed E-state index contributed by atoms with van der Waals surface area (Å²) in [6.45, 7) is 5.90. The second-order valence-electron chi connectivity index (χ2n) is 4.88. The zero-order valence-corrected chi connectivity index (χ0v) is 10.2. The Hall–Kier alpha value is -0.120. The summed E-state index contributed by atoms with van der Waals surface area (Å²) in [5.41, 5.74) is 6.06. The molecule has 2 N–H and O–H groups in total. The van der Waals surface area contributed by atoms with E-state index in [1.807, 2.05) is 0 Å². The number of hydrogen-bond acceptors (Lipinski definition) is 3. The van der Waals surface area contributed by atoms with E-state index in [0.717, 1.165) is 24.7 Å². The maximum Gasteiger partial charge on any atom is 0.0729 e. The fourth-order valence-electron chi connectivity index (χ4n) is 2.26. The molecule has 3 heteroatoms. The number of methoxy groups -OCH3 is 1. The normalized spacial score (nSPS) is 32.2. The van der Waals surface area contributed by atoms with Gasteiger partial charge in [-0.1, -0.05) is 13.8 Å². The van der Waals surface area contributed by atoms with E-state index in [-0.39, 0.29) is 12.1 Å². The highest BCUT2D eigenvalue weighted by Gasteiger charge is 2.30. The minimum absolute atomic E-state index is 0.219. The van der Waals surface area contributed by atoms with E-state index in [1.165, 1.54) is 6.42 Å². The molecule has 0 heterocycles. The smallest absolute Gasteiger partial charge is 0.0729 e. The topological polar surface area (TPSA) is 44.5 Å². The minimum atomic E-state index is 0.219. The van der Waals surface area contributed by atoms with Crippen LogP contribution in [0.25, 0.3) is 0 Å². The standard InChI is InChI=1S/C12H25NO2/c1-9(2)10-4-5-11(13)12(8-10)15-7-6-14-3/h9-12H,4-8,13H2,1-3H3. The summed E-state index contributed by atoms with van der Waals surface area (Å²) in [4.78, 5) is 0. The first-order chi connectivity index (χ1) is 7.15. The van der Waals surface area contributed by atoms with Crippen molar-refractivity contribution < 1.29 is 9.47 Å². The molecule has 0 aromatic carbocycles. The van der Waals surface area contributed by atoms with Gasteiger partial charge in [0, 0.05) is 13.2 Å². The first-order valence-electron chi connectivity index (χ1n) is 6.01. The van der Waals surface area contributed by atoms with Gasteiger partial charge < -0.3 is 15.2 Å². The van der Waals surface area contributed by atoms with Crippen LogP contribution in [-0.2, 0) is 9.47 Å². The van der Waals surface area contributed by atoms with Crippen LogP contribution in [0.2, 0.25) is 0 Å². The van der Waals surface area contributed by atoms with Crippen molar-refractivity contribution in [1.29, 1.82) is 0 Å². The Morgan fingerprint density at radius 2 is 2.00 bits per heavy atom. The van der Waals surface area contributed by atoms with Crippen LogP contribution in [-0.4, -0.2) is 32.5 Å². The minimum Gasteiger partial charge on any atom is -0.382 e. The van der Waals surface area contributed by atoms with Gasteiger partial charge in [-0.15, -0.1) is 0 Å². The lowest BCUT2D eigenvalue weighted by Crippen LogP contribution is -2.43. The van der Waals surface area contributed by atoms with E-state index in [1.54, 1.807) is 7.11 Å².